The summed E-state index contributed by atoms with van der Waals surface area (Å²) in [5.74, 6) is 0.352. The van der Waals surface area contributed by atoms with E-state index < -0.39 is 0 Å². The highest BCUT2D eigenvalue weighted by Crippen LogP contribution is 2.19. The van der Waals surface area contributed by atoms with E-state index in [2.05, 4.69) is 22.9 Å². The minimum atomic E-state index is -0.205. The van der Waals surface area contributed by atoms with Crippen molar-refractivity contribution in [3.05, 3.63) is 95.6 Å². The highest BCUT2D eigenvalue weighted by Gasteiger charge is 2.21. The molecule has 0 unspecified atom stereocenters. The van der Waals surface area contributed by atoms with Crippen molar-refractivity contribution in [2.24, 2.45) is 5.92 Å². The van der Waals surface area contributed by atoms with Gasteiger partial charge in [0.25, 0.3) is 11.8 Å². The van der Waals surface area contributed by atoms with Crippen LogP contribution in [-0.2, 0) is 11.3 Å². The van der Waals surface area contributed by atoms with Gasteiger partial charge in [0, 0.05) is 42.1 Å². The van der Waals surface area contributed by atoms with Crippen LogP contribution in [0.25, 0.3) is 0 Å². The van der Waals surface area contributed by atoms with Gasteiger partial charge in [-0.3, -0.25) is 14.4 Å². The molecule has 3 aromatic carbocycles. The Bertz CT molecular complexity index is 1170. The topological polar surface area (TPSA) is 90.5 Å². The van der Waals surface area contributed by atoms with Gasteiger partial charge in [-0.25, -0.2) is 0 Å². The third-order valence-electron chi connectivity index (χ3n) is 6.38. The molecule has 1 heterocycles. The van der Waals surface area contributed by atoms with E-state index in [1.54, 1.807) is 48.5 Å². The highest BCUT2D eigenvalue weighted by atomic mass is 16.2. The van der Waals surface area contributed by atoms with E-state index in [0.29, 0.717) is 29.3 Å². The first-order chi connectivity index (χ1) is 17.5. The van der Waals surface area contributed by atoms with Crippen molar-refractivity contribution in [2.45, 2.75) is 26.3 Å². The molecule has 0 radical (unpaired) electrons. The van der Waals surface area contributed by atoms with Gasteiger partial charge < -0.3 is 20.9 Å². The summed E-state index contributed by atoms with van der Waals surface area (Å²) in [5.41, 5.74) is 3.59. The molecule has 7 heteroatoms. The molecule has 36 heavy (non-hydrogen) atoms. The van der Waals surface area contributed by atoms with Crippen molar-refractivity contribution < 1.29 is 14.4 Å². The zero-order chi connectivity index (χ0) is 25.3. The summed E-state index contributed by atoms with van der Waals surface area (Å²) in [4.78, 5) is 39.3. The fourth-order valence-electron chi connectivity index (χ4n) is 4.10. The zero-order valence-corrected chi connectivity index (χ0v) is 20.5. The molecule has 0 aliphatic carbocycles. The molecule has 3 N–H and O–H groups in total. The maximum Gasteiger partial charge on any atom is 0.253 e. The fraction of sp³-hybridized carbons (Fsp3) is 0.276. The molecule has 1 aliphatic rings. The van der Waals surface area contributed by atoms with Crippen molar-refractivity contribution >= 4 is 29.1 Å². The number of likely N-dealkylation sites (tertiary alicyclic amines) is 1. The Morgan fingerprint density at radius 3 is 2.08 bits per heavy atom. The van der Waals surface area contributed by atoms with Crippen molar-refractivity contribution in [2.75, 3.05) is 30.3 Å². The van der Waals surface area contributed by atoms with Gasteiger partial charge in [0.2, 0.25) is 5.91 Å². The molecular weight excluding hydrogens is 452 g/mol. The number of carbonyl (C=O) groups is 3. The molecule has 0 aromatic heterocycles. The van der Waals surface area contributed by atoms with E-state index in [-0.39, 0.29) is 24.3 Å². The lowest BCUT2D eigenvalue weighted by molar-refractivity contribution is -0.114. The standard InChI is InChI=1S/C29H32N4O3/c1-21-15-17-33(18-16-21)29(36)24-9-13-26(14-10-24)32-27(34)20-30-25-11-7-23(8-12-25)28(35)31-19-22-5-3-2-4-6-22/h2-14,21,30H,15-20H2,1H3,(H,31,35)(H,32,34). The van der Waals surface area contributed by atoms with Gasteiger partial charge in [0.15, 0.2) is 0 Å². The van der Waals surface area contributed by atoms with Gasteiger partial charge in [-0.2, -0.15) is 0 Å². The van der Waals surface area contributed by atoms with Gasteiger partial charge in [-0.05, 0) is 72.9 Å². The summed E-state index contributed by atoms with van der Waals surface area (Å²) in [6.45, 7) is 4.35. The first kappa shape index (κ1) is 25.0. The van der Waals surface area contributed by atoms with Gasteiger partial charge in [-0.15, -0.1) is 0 Å². The third-order valence-corrected chi connectivity index (χ3v) is 6.38. The molecule has 0 bridgehead atoms. The number of benzene rings is 3. The van der Waals surface area contributed by atoms with Crippen LogP contribution in [0, 0.1) is 5.92 Å². The van der Waals surface area contributed by atoms with Crippen molar-refractivity contribution in [1.29, 1.82) is 0 Å². The number of anilines is 2. The van der Waals surface area contributed by atoms with E-state index in [9.17, 15) is 14.4 Å². The van der Waals surface area contributed by atoms with E-state index in [1.807, 2.05) is 35.2 Å². The van der Waals surface area contributed by atoms with E-state index >= 15 is 0 Å². The molecule has 1 saturated heterocycles. The predicted molar refractivity (Wildman–Crippen MR) is 142 cm³/mol. The minimum absolute atomic E-state index is 0.0404. The Balaban J connectivity index is 1.21. The highest BCUT2D eigenvalue weighted by molar-refractivity contribution is 5.97. The number of carbonyl (C=O) groups excluding carboxylic acids is 3. The molecule has 3 amide bonds. The summed E-state index contributed by atoms with van der Waals surface area (Å²) >= 11 is 0. The minimum Gasteiger partial charge on any atom is -0.376 e. The van der Waals surface area contributed by atoms with Crippen molar-refractivity contribution in [3.63, 3.8) is 0 Å². The Morgan fingerprint density at radius 2 is 1.42 bits per heavy atom. The Morgan fingerprint density at radius 1 is 0.806 bits per heavy atom. The summed E-state index contributed by atoms with van der Waals surface area (Å²) in [5, 5.41) is 8.79. The number of nitrogens with one attached hydrogen (secondary N) is 3. The summed E-state index contributed by atoms with van der Waals surface area (Å²) in [6.07, 6.45) is 2.08. The van der Waals surface area contributed by atoms with E-state index in [4.69, 9.17) is 0 Å². The maximum absolute atomic E-state index is 12.7. The largest absolute Gasteiger partial charge is 0.376 e. The zero-order valence-electron chi connectivity index (χ0n) is 20.5. The number of piperidine rings is 1. The van der Waals surface area contributed by atoms with Crippen molar-refractivity contribution in [1.82, 2.24) is 10.2 Å². The van der Waals surface area contributed by atoms with Crippen LogP contribution in [-0.4, -0.2) is 42.3 Å². The number of rotatable bonds is 8. The first-order valence-electron chi connectivity index (χ1n) is 12.3. The first-order valence-corrected chi connectivity index (χ1v) is 12.3. The van der Waals surface area contributed by atoms with Crippen LogP contribution >= 0.6 is 0 Å². The van der Waals surface area contributed by atoms with Crippen LogP contribution in [0.2, 0.25) is 0 Å². The smallest absolute Gasteiger partial charge is 0.253 e. The molecule has 0 spiro atoms. The van der Waals surface area contributed by atoms with Gasteiger partial charge >= 0.3 is 0 Å². The molecule has 0 saturated carbocycles. The fourth-order valence-corrected chi connectivity index (χ4v) is 4.10. The normalized spacial score (nSPS) is 13.6. The quantitative estimate of drug-likeness (QED) is 0.438. The average molecular weight is 485 g/mol. The monoisotopic (exact) mass is 484 g/mol. The predicted octanol–water partition coefficient (Wildman–Crippen LogP) is 4.54. The number of amides is 3. The summed E-state index contributed by atoms with van der Waals surface area (Å²) < 4.78 is 0. The van der Waals surface area contributed by atoms with Crippen molar-refractivity contribution in [3.8, 4) is 0 Å². The summed E-state index contributed by atoms with van der Waals surface area (Å²) in [6, 6.07) is 23.7. The Labute approximate surface area is 211 Å². The molecule has 1 aliphatic heterocycles. The molecule has 1 fully saturated rings. The van der Waals surface area contributed by atoms with Gasteiger partial charge in [-0.1, -0.05) is 37.3 Å². The Hall–Kier alpha value is -4.13. The van der Waals surface area contributed by atoms with Crippen LogP contribution in [0.4, 0.5) is 11.4 Å². The summed E-state index contributed by atoms with van der Waals surface area (Å²) in [7, 11) is 0. The average Bonchev–Trinajstić information content (AvgIpc) is 2.92. The van der Waals surface area contributed by atoms with Gasteiger partial charge in [0.05, 0.1) is 6.54 Å². The Kier molecular flexibility index (Phi) is 8.34. The van der Waals surface area contributed by atoms with E-state index in [1.165, 1.54) is 0 Å². The van der Waals surface area contributed by atoms with Gasteiger partial charge in [0.1, 0.15) is 0 Å². The maximum atomic E-state index is 12.7. The number of nitrogens with zero attached hydrogens (tertiary/aromatic N) is 1. The second-order valence-corrected chi connectivity index (χ2v) is 9.20. The molecule has 4 rings (SSSR count). The SMILES string of the molecule is CC1CCN(C(=O)c2ccc(NC(=O)CNc3ccc(C(=O)NCc4ccccc4)cc3)cc2)CC1. The number of hydrogen-bond donors (Lipinski definition) is 3. The van der Waals surface area contributed by atoms with Crippen LogP contribution in [0.3, 0.4) is 0 Å². The molecule has 186 valence electrons. The lowest BCUT2D eigenvalue weighted by atomic mass is 9.98. The molecule has 7 nitrogen and oxygen atoms in total. The number of hydrogen-bond acceptors (Lipinski definition) is 4. The van der Waals surface area contributed by atoms with E-state index in [0.717, 1.165) is 37.2 Å². The lowest BCUT2D eigenvalue weighted by Crippen LogP contribution is -2.37. The second-order valence-electron chi connectivity index (χ2n) is 9.20. The van der Waals surface area contributed by atoms with Crippen LogP contribution in [0.15, 0.2) is 78.9 Å². The molecular formula is C29H32N4O3. The van der Waals surface area contributed by atoms with Crippen LogP contribution < -0.4 is 16.0 Å². The molecule has 0 atom stereocenters. The van der Waals surface area contributed by atoms with Crippen LogP contribution in [0.1, 0.15) is 46.0 Å². The molecule has 3 aromatic rings. The lowest BCUT2D eigenvalue weighted by Gasteiger charge is -2.30. The van der Waals surface area contributed by atoms with Crippen LogP contribution in [0.5, 0.6) is 0 Å². The third kappa shape index (κ3) is 6.95. The second kappa shape index (κ2) is 12.0.